The van der Waals surface area contributed by atoms with Crippen molar-refractivity contribution >= 4 is 11.6 Å². The highest BCUT2D eigenvalue weighted by Crippen LogP contribution is 2.11. The van der Waals surface area contributed by atoms with Gasteiger partial charge in [0.2, 0.25) is 5.91 Å². The maximum Gasteiger partial charge on any atom is 0.224 e. The fourth-order valence-electron chi connectivity index (χ4n) is 1.93. The van der Waals surface area contributed by atoms with Crippen LogP contribution in [0.3, 0.4) is 0 Å². The van der Waals surface area contributed by atoms with Gasteiger partial charge in [-0.2, -0.15) is 0 Å². The van der Waals surface area contributed by atoms with Gasteiger partial charge in [0.1, 0.15) is 0 Å². The van der Waals surface area contributed by atoms with Gasteiger partial charge in [0, 0.05) is 18.7 Å². The van der Waals surface area contributed by atoms with Gasteiger partial charge < -0.3 is 10.6 Å². The van der Waals surface area contributed by atoms with Crippen molar-refractivity contribution in [2.24, 2.45) is 0 Å². The number of unbranched alkanes of at least 4 members (excludes halogenated alkanes) is 2. The molecule has 1 aromatic carbocycles. The van der Waals surface area contributed by atoms with E-state index in [1.54, 1.807) is 0 Å². The number of amides is 1. The Labute approximate surface area is 116 Å². The molecule has 3 nitrogen and oxygen atoms in total. The zero-order valence-corrected chi connectivity index (χ0v) is 12.2. The molecule has 3 heteroatoms. The molecule has 0 fully saturated rings. The summed E-state index contributed by atoms with van der Waals surface area (Å²) in [5.41, 5.74) is 2.11. The van der Waals surface area contributed by atoms with E-state index in [-0.39, 0.29) is 5.91 Å². The summed E-state index contributed by atoms with van der Waals surface area (Å²) in [6.45, 7) is 6.17. The number of anilines is 1. The standard InChI is InChI=1S/C16H26N2O/c1-3-5-6-10-16(19)18-15-9-7-8-14(12-15)13-17-11-4-2/h7-9,12,17H,3-6,10-11,13H2,1-2H3,(H,18,19). The molecule has 0 aliphatic rings. The number of carbonyl (C=O) groups is 1. The van der Waals surface area contributed by atoms with Gasteiger partial charge in [0.15, 0.2) is 0 Å². The van der Waals surface area contributed by atoms with Crippen molar-refractivity contribution in [3.63, 3.8) is 0 Å². The lowest BCUT2D eigenvalue weighted by Gasteiger charge is -2.08. The van der Waals surface area contributed by atoms with Gasteiger partial charge in [-0.15, -0.1) is 0 Å². The summed E-state index contributed by atoms with van der Waals surface area (Å²) in [6.07, 6.45) is 4.99. The first kappa shape index (κ1) is 15.7. The first-order valence-corrected chi connectivity index (χ1v) is 7.35. The third-order valence-corrected chi connectivity index (χ3v) is 2.97. The Morgan fingerprint density at radius 3 is 2.74 bits per heavy atom. The van der Waals surface area contributed by atoms with Crippen LogP contribution in [-0.4, -0.2) is 12.5 Å². The molecule has 0 unspecified atom stereocenters. The van der Waals surface area contributed by atoms with Crippen molar-refractivity contribution in [1.82, 2.24) is 5.32 Å². The fraction of sp³-hybridized carbons (Fsp3) is 0.562. The summed E-state index contributed by atoms with van der Waals surface area (Å²) in [7, 11) is 0. The van der Waals surface area contributed by atoms with E-state index >= 15 is 0 Å². The fourth-order valence-corrected chi connectivity index (χ4v) is 1.93. The van der Waals surface area contributed by atoms with E-state index < -0.39 is 0 Å². The lowest BCUT2D eigenvalue weighted by Crippen LogP contribution is -2.14. The SMILES string of the molecule is CCCCCC(=O)Nc1cccc(CNCCC)c1. The van der Waals surface area contributed by atoms with Crippen molar-refractivity contribution in [1.29, 1.82) is 0 Å². The van der Waals surface area contributed by atoms with Crippen LogP contribution >= 0.6 is 0 Å². The molecule has 1 amide bonds. The largest absolute Gasteiger partial charge is 0.326 e. The second kappa shape index (κ2) is 9.56. The van der Waals surface area contributed by atoms with Gasteiger partial charge in [-0.05, 0) is 37.1 Å². The Hall–Kier alpha value is -1.35. The molecule has 106 valence electrons. The first-order chi connectivity index (χ1) is 9.26. The van der Waals surface area contributed by atoms with Gasteiger partial charge in [0.05, 0.1) is 0 Å². The Bertz CT molecular complexity index is 377. The quantitative estimate of drug-likeness (QED) is 0.666. The van der Waals surface area contributed by atoms with Crippen LogP contribution in [0.5, 0.6) is 0 Å². The second-order valence-corrected chi connectivity index (χ2v) is 4.88. The smallest absolute Gasteiger partial charge is 0.224 e. The van der Waals surface area contributed by atoms with Crippen LogP contribution < -0.4 is 10.6 Å². The number of nitrogens with one attached hydrogen (secondary N) is 2. The minimum Gasteiger partial charge on any atom is -0.326 e. The summed E-state index contributed by atoms with van der Waals surface area (Å²) in [4.78, 5) is 11.7. The van der Waals surface area contributed by atoms with E-state index in [2.05, 4.69) is 30.5 Å². The van der Waals surface area contributed by atoms with E-state index in [4.69, 9.17) is 0 Å². The molecule has 19 heavy (non-hydrogen) atoms. The van der Waals surface area contributed by atoms with Crippen molar-refractivity contribution in [3.05, 3.63) is 29.8 Å². The summed E-state index contributed by atoms with van der Waals surface area (Å²) >= 11 is 0. The van der Waals surface area contributed by atoms with Crippen LogP contribution in [-0.2, 0) is 11.3 Å². The maximum atomic E-state index is 11.7. The Morgan fingerprint density at radius 2 is 2.00 bits per heavy atom. The molecule has 0 atom stereocenters. The number of benzene rings is 1. The van der Waals surface area contributed by atoms with E-state index in [0.29, 0.717) is 6.42 Å². The van der Waals surface area contributed by atoms with Crippen LogP contribution in [0.25, 0.3) is 0 Å². The predicted molar refractivity (Wildman–Crippen MR) is 81.2 cm³/mol. The van der Waals surface area contributed by atoms with Gasteiger partial charge in [-0.25, -0.2) is 0 Å². The molecule has 0 aliphatic heterocycles. The Morgan fingerprint density at radius 1 is 1.16 bits per heavy atom. The van der Waals surface area contributed by atoms with Crippen LogP contribution in [0.15, 0.2) is 24.3 Å². The van der Waals surface area contributed by atoms with Crippen LogP contribution in [0.4, 0.5) is 5.69 Å². The zero-order valence-electron chi connectivity index (χ0n) is 12.2. The third kappa shape index (κ3) is 6.97. The van der Waals surface area contributed by atoms with Crippen LogP contribution in [0, 0.1) is 0 Å². The van der Waals surface area contributed by atoms with E-state index in [1.165, 1.54) is 5.56 Å². The predicted octanol–water partition coefficient (Wildman–Crippen LogP) is 3.71. The molecule has 1 rings (SSSR count). The minimum atomic E-state index is 0.118. The highest BCUT2D eigenvalue weighted by atomic mass is 16.1. The molecular weight excluding hydrogens is 236 g/mol. The van der Waals surface area contributed by atoms with Crippen LogP contribution in [0.2, 0.25) is 0 Å². The van der Waals surface area contributed by atoms with Crippen molar-refractivity contribution in [3.8, 4) is 0 Å². The third-order valence-electron chi connectivity index (χ3n) is 2.97. The highest BCUT2D eigenvalue weighted by Gasteiger charge is 2.02. The van der Waals surface area contributed by atoms with Gasteiger partial charge >= 0.3 is 0 Å². The second-order valence-electron chi connectivity index (χ2n) is 4.88. The molecule has 0 spiro atoms. The normalized spacial score (nSPS) is 10.4. The number of rotatable bonds is 9. The van der Waals surface area contributed by atoms with E-state index in [9.17, 15) is 4.79 Å². The van der Waals surface area contributed by atoms with Gasteiger partial charge in [-0.3, -0.25) is 4.79 Å². The minimum absolute atomic E-state index is 0.118. The molecule has 0 aliphatic carbocycles. The maximum absolute atomic E-state index is 11.7. The Kier molecular flexibility index (Phi) is 7.91. The number of hydrogen-bond donors (Lipinski definition) is 2. The molecule has 0 aromatic heterocycles. The summed E-state index contributed by atoms with van der Waals surface area (Å²) < 4.78 is 0. The molecule has 0 heterocycles. The molecular formula is C16H26N2O. The molecule has 0 bridgehead atoms. The van der Waals surface area contributed by atoms with Crippen LogP contribution in [0.1, 0.15) is 51.5 Å². The Balaban J connectivity index is 2.40. The average Bonchev–Trinajstić information content (AvgIpc) is 2.40. The number of carbonyl (C=O) groups excluding carboxylic acids is 1. The van der Waals surface area contributed by atoms with E-state index in [0.717, 1.165) is 44.5 Å². The molecule has 0 radical (unpaired) electrons. The molecule has 2 N–H and O–H groups in total. The average molecular weight is 262 g/mol. The van der Waals surface area contributed by atoms with Gasteiger partial charge in [-0.1, -0.05) is 38.8 Å². The summed E-state index contributed by atoms with van der Waals surface area (Å²) in [5.74, 6) is 0.118. The lowest BCUT2D eigenvalue weighted by molar-refractivity contribution is -0.116. The van der Waals surface area contributed by atoms with Gasteiger partial charge in [0.25, 0.3) is 0 Å². The van der Waals surface area contributed by atoms with Crippen molar-refractivity contribution in [2.45, 2.75) is 52.5 Å². The van der Waals surface area contributed by atoms with E-state index in [1.807, 2.05) is 18.2 Å². The number of hydrogen-bond acceptors (Lipinski definition) is 2. The molecule has 1 aromatic rings. The monoisotopic (exact) mass is 262 g/mol. The highest BCUT2D eigenvalue weighted by molar-refractivity contribution is 5.90. The lowest BCUT2D eigenvalue weighted by atomic mass is 10.1. The van der Waals surface area contributed by atoms with Crippen molar-refractivity contribution < 1.29 is 4.79 Å². The topological polar surface area (TPSA) is 41.1 Å². The zero-order chi connectivity index (χ0) is 13.9. The molecule has 0 saturated carbocycles. The summed E-state index contributed by atoms with van der Waals surface area (Å²) in [5, 5.41) is 6.33. The molecule has 0 saturated heterocycles. The summed E-state index contributed by atoms with van der Waals surface area (Å²) in [6, 6.07) is 8.06. The first-order valence-electron chi connectivity index (χ1n) is 7.35. The van der Waals surface area contributed by atoms with Crippen molar-refractivity contribution in [2.75, 3.05) is 11.9 Å².